The minimum absolute atomic E-state index is 0.0577. The highest BCUT2D eigenvalue weighted by Gasteiger charge is 2.21. The molecule has 0 aliphatic heterocycles. The van der Waals surface area contributed by atoms with E-state index in [0.717, 1.165) is 6.66 Å². The van der Waals surface area contributed by atoms with Crippen LogP contribution in [-0.4, -0.2) is 53.1 Å². The van der Waals surface area contributed by atoms with Crippen LogP contribution in [0.4, 0.5) is 0 Å². The molecule has 0 aromatic heterocycles. The van der Waals surface area contributed by atoms with Crippen molar-refractivity contribution in [2.75, 3.05) is 26.9 Å². The van der Waals surface area contributed by atoms with E-state index in [0.29, 0.717) is 12.8 Å². The zero-order valence-corrected chi connectivity index (χ0v) is 9.35. The largest absolute Gasteiger partial charge is 0.396 e. The van der Waals surface area contributed by atoms with E-state index in [1.807, 2.05) is 0 Å². The summed E-state index contributed by atoms with van der Waals surface area (Å²) in [6, 6.07) is -0.259. The third-order valence-corrected chi connectivity index (χ3v) is 2.28. The van der Waals surface area contributed by atoms with Crippen molar-refractivity contribution in [3.05, 3.63) is 0 Å². The zero-order valence-electron chi connectivity index (χ0n) is 8.46. The van der Waals surface area contributed by atoms with Gasteiger partial charge in [0.1, 0.15) is 0 Å². The smallest absolute Gasteiger partial charge is 0.341 e. The van der Waals surface area contributed by atoms with Gasteiger partial charge in [-0.1, -0.05) is 0 Å². The van der Waals surface area contributed by atoms with Gasteiger partial charge in [0, 0.05) is 33.0 Å². The van der Waals surface area contributed by atoms with Crippen LogP contribution in [-0.2, 0) is 9.19 Å². The van der Waals surface area contributed by atoms with Crippen molar-refractivity contribution in [3.8, 4) is 0 Å². The molecular weight excluding hydrogens is 209 g/mol. The normalized spacial score (nSPS) is 16.2. The van der Waals surface area contributed by atoms with E-state index in [1.54, 1.807) is 0 Å². The van der Waals surface area contributed by atoms with Gasteiger partial charge in [0.05, 0.1) is 0 Å². The summed E-state index contributed by atoms with van der Waals surface area (Å²) in [4.78, 5) is 8.94. The molecule has 0 heterocycles. The third-order valence-electron chi connectivity index (χ3n) is 1.72. The maximum atomic E-state index is 10.9. The van der Waals surface area contributed by atoms with Crippen LogP contribution in [0.1, 0.15) is 12.8 Å². The first-order chi connectivity index (χ1) is 6.40. The number of hydroxylamine groups is 2. The van der Waals surface area contributed by atoms with E-state index in [1.165, 1.54) is 12.1 Å². The van der Waals surface area contributed by atoms with E-state index < -0.39 is 7.60 Å². The molecular formula is C7H18NO5P. The molecule has 0 bridgehead atoms. The highest BCUT2D eigenvalue weighted by molar-refractivity contribution is 7.51. The number of hydrogen-bond acceptors (Lipinski definition) is 5. The second-order valence-corrected chi connectivity index (χ2v) is 4.88. The fourth-order valence-corrected chi connectivity index (χ4v) is 1.72. The fraction of sp³-hybridized carbons (Fsp3) is 1.00. The van der Waals surface area contributed by atoms with Crippen molar-refractivity contribution < 1.29 is 24.3 Å². The second-order valence-electron chi connectivity index (χ2n) is 3.11. The van der Waals surface area contributed by atoms with Gasteiger partial charge in [-0.3, -0.25) is 4.57 Å². The minimum atomic E-state index is -3.56. The Morgan fingerprint density at radius 3 is 2.07 bits per heavy atom. The lowest BCUT2D eigenvalue weighted by Crippen LogP contribution is -2.32. The van der Waals surface area contributed by atoms with Crippen LogP contribution in [0.25, 0.3) is 0 Å². The average molecular weight is 227 g/mol. The molecule has 7 heteroatoms. The van der Waals surface area contributed by atoms with Gasteiger partial charge in [0.25, 0.3) is 0 Å². The number of aliphatic hydroxyl groups is 2. The minimum Gasteiger partial charge on any atom is -0.396 e. The molecule has 0 spiro atoms. The topological polar surface area (TPSA) is 90.2 Å². The van der Waals surface area contributed by atoms with Crippen LogP contribution in [0.3, 0.4) is 0 Å². The van der Waals surface area contributed by atoms with Gasteiger partial charge in [-0.2, -0.15) is 5.06 Å². The first-order valence-electron chi connectivity index (χ1n) is 4.35. The van der Waals surface area contributed by atoms with E-state index in [2.05, 4.69) is 0 Å². The molecule has 0 aliphatic carbocycles. The quantitative estimate of drug-likeness (QED) is 0.412. The Morgan fingerprint density at radius 2 is 1.79 bits per heavy atom. The van der Waals surface area contributed by atoms with Crippen molar-refractivity contribution in [1.82, 2.24) is 5.06 Å². The highest BCUT2D eigenvalue weighted by Crippen LogP contribution is 2.38. The van der Waals surface area contributed by atoms with Crippen LogP contribution in [0.15, 0.2) is 0 Å². The van der Waals surface area contributed by atoms with Gasteiger partial charge in [0.15, 0.2) is 0 Å². The summed E-state index contributed by atoms with van der Waals surface area (Å²) in [7, 11) is -2.06. The molecule has 0 aromatic carbocycles. The van der Waals surface area contributed by atoms with Gasteiger partial charge in [-0.15, -0.1) is 0 Å². The standard InChI is InChI=1S/C7H18NO5P/c1-8(13-14(2,11)12)7(3-5-9)4-6-10/h7,9-10H,3-6H2,1-2H3,(H,11,12). The number of nitrogens with zero attached hydrogens (tertiary/aromatic N) is 1. The summed E-state index contributed by atoms with van der Waals surface area (Å²) in [5.41, 5.74) is 0. The Hall–Kier alpha value is 0.0300. The third kappa shape index (κ3) is 6.48. The van der Waals surface area contributed by atoms with Crippen molar-refractivity contribution in [2.24, 2.45) is 0 Å². The maximum absolute atomic E-state index is 10.9. The zero-order chi connectivity index (χ0) is 11.2. The predicted molar refractivity (Wildman–Crippen MR) is 51.8 cm³/mol. The average Bonchev–Trinajstić information content (AvgIpc) is 2.01. The molecule has 1 unspecified atom stereocenters. The second kappa shape index (κ2) is 6.50. The first-order valence-corrected chi connectivity index (χ1v) is 6.37. The van der Waals surface area contributed by atoms with Gasteiger partial charge in [-0.05, 0) is 12.8 Å². The summed E-state index contributed by atoms with van der Waals surface area (Å²) >= 11 is 0. The summed E-state index contributed by atoms with van der Waals surface area (Å²) in [5, 5.41) is 18.6. The molecule has 1 atom stereocenters. The van der Waals surface area contributed by atoms with Crippen molar-refractivity contribution in [1.29, 1.82) is 0 Å². The van der Waals surface area contributed by atoms with Crippen LogP contribution in [0.2, 0.25) is 0 Å². The van der Waals surface area contributed by atoms with Gasteiger partial charge in [-0.25, -0.2) is 4.62 Å². The summed E-state index contributed by atoms with van der Waals surface area (Å²) in [5.74, 6) is 0. The Morgan fingerprint density at radius 1 is 1.36 bits per heavy atom. The van der Waals surface area contributed by atoms with E-state index >= 15 is 0 Å². The van der Waals surface area contributed by atoms with Crippen LogP contribution in [0, 0.1) is 0 Å². The molecule has 0 fully saturated rings. The van der Waals surface area contributed by atoms with E-state index in [-0.39, 0.29) is 19.3 Å². The monoisotopic (exact) mass is 227 g/mol. The molecule has 6 nitrogen and oxygen atoms in total. The van der Waals surface area contributed by atoms with Gasteiger partial charge < -0.3 is 15.1 Å². The summed E-state index contributed by atoms with van der Waals surface area (Å²) in [6.45, 7) is 0.966. The Bertz CT molecular complexity index is 189. The van der Waals surface area contributed by atoms with Crippen molar-refractivity contribution >= 4 is 7.60 Å². The Labute approximate surface area is 83.6 Å². The Balaban J connectivity index is 4.13. The molecule has 0 amide bonds. The predicted octanol–water partition coefficient (Wildman–Crippen LogP) is -0.202. The van der Waals surface area contributed by atoms with Gasteiger partial charge in [0.2, 0.25) is 0 Å². The molecule has 0 rings (SSSR count). The molecule has 0 saturated heterocycles. The highest BCUT2D eigenvalue weighted by atomic mass is 31.2. The molecule has 0 aliphatic rings. The van der Waals surface area contributed by atoms with Crippen LogP contribution < -0.4 is 0 Å². The first kappa shape index (κ1) is 14.0. The Kier molecular flexibility index (Phi) is 6.52. The number of aliphatic hydroxyl groups excluding tert-OH is 2. The lowest BCUT2D eigenvalue weighted by molar-refractivity contribution is -0.0882. The number of rotatable bonds is 7. The van der Waals surface area contributed by atoms with Gasteiger partial charge >= 0.3 is 7.60 Å². The molecule has 0 saturated carbocycles. The summed E-state index contributed by atoms with van der Waals surface area (Å²) in [6.07, 6.45) is 0.772. The lowest BCUT2D eigenvalue weighted by atomic mass is 10.1. The lowest BCUT2D eigenvalue weighted by Gasteiger charge is -2.26. The van der Waals surface area contributed by atoms with Crippen molar-refractivity contribution in [3.63, 3.8) is 0 Å². The molecule has 3 N–H and O–H groups in total. The fourth-order valence-electron chi connectivity index (χ4n) is 1.11. The molecule has 14 heavy (non-hydrogen) atoms. The SMILES string of the molecule is CN(OP(C)(=O)O)C(CCO)CCO. The molecule has 0 radical (unpaired) electrons. The molecule has 0 aromatic rings. The molecule has 86 valence electrons. The van der Waals surface area contributed by atoms with E-state index in [4.69, 9.17) is 19.7 Å². The van der Waals surface area contributed by atoms with Crippen LogP contribution in [0.5, 0.6) is 0 Å². The summed E-state index contributed by atoms with van der Waals surface area (Å²) < 4.78 is 15.6. The van der Waals surface area contributed by atoms with Crippen LogP contribution >= 0.6 is 7.60 Å². The number of hydrogen-bond donors (Lipinski definition) is 3. The van der Waals surface area contributed by atoms with Crippen molar-refractivity contribution in [2.45, 2.75) is 18.9 Å². The van der Waals surface area contributed by atoms with E-state index in [9.17, 15) is 4.57 Å². The maximum Gasteiger partial charge on any atom is 0.341 e.